The van der Waals surface area contributed by atoms with Gasteiger partial charge in [0.05, 0.1) is 0 Å². The predicted octanol–water partition coefficient (Wildman–Crippen LogP) is 1.33. The molecule has 1 saturated heterocycles. The Bertz CT molecular complexity index is 368. The van der Waals surface area contributed by atoms with Crippen LogP contribution >= 0.6 is 23.5 Å². The molecule has 1 unspecified atom stereocenters. The van der Waals surface area contributed by atoms with Crippen LogP contribution in [0.15, 0.2) is 6.20 Å². The van der Waals surface area contributed by atoms with Gasteiger partial charge in [-0.2, -0.15) is 28.5 Å². The van der Waals surface area contributed by atoms with Crippen LogP contribution < -0.4 is 16.6 Å². The number of hydrogen-bond donors (Lipinski definition) is 3. The highest BCUT2D eigenvalue weighted by atomic mass is 32.2. The largest absolute Gasteiger partial charge is 0.369 e. The zero-order valence-corrected chi connectivity index (χ0v) is 11.4. The molecular weight excluding hydrogens is 254 g/mol. The van der Waals surface area contributed by atoms with Crippen LogP contribution in [0.25, 0.3) is 0 Å². The van der Waals surface area contributed by atoms with Gasteiger partial charge < -0.3 is 5.32 Å². The molecule has 5 nitrogen and oxygen atoms in total. The monoisotopic (exact) mass is 271 g/mol. The zero-order chi connectivity index (χ0) is 12.1. The van der Waals surface area contributed by atoms with Gasteiger partial charge in [0.15, 0.2) is 0 Å². The molecule has 17 heavy (non-hydrogen) atoms. The van der Waals surface area contributed by atoms with E-state index in [4.69, 9.17) is 5.84 Å². The lowest BCUT2D eigenvalue weighted by molar-refractivity contribution is 0.979. The van der Waals surface area contributed by atoms with Crippen molar-refractivity contribution >= 4 is 35.3 Å². The highest BCUT2D eigenvalue weighted by Crippen LogP contribution is 2.24. The molecule has 0 amide bonds. The van der Waals surface area contributed by atoms with Crippen molar-refractivity contribution in [1.82, 2.24) is 9.97 Å². The van der Waals surface area contributed by atoms with Crippen molar-refractivity contribution in [3.63, 3.8) is 0 Å². The number of hydrogen-bond acceptors (Lipinski definition) is 7. The normalized spacial score (nSPS) is 20.0. The van der Waals surface area contributed by atoms with E-state index < -0.39 is 0 Å². The molecule has 1 aromatic heterocycles. The molecule has 1 aromatic rings. The van der Waals surface area contributed by atoms with E-state index in [1.807, 2.05) is 30.4 Å². The van der Waals surface area contributed by atoms with Gasteiger partial charge in [-0.25, -0.2) is 10.8 Å². The average molecular weight is 271 g/mol. The third-order valence-electron chi connectivity index (χ3n) is 2.48. The fraction of sp³-hybridized carbons (Fsp3) is 0.600. The van der Waals surface area contributed by atoms with Gasteiger partial charge in [-0.1, -0.05) is 0 Å². The molecule has 0 aromatic carbocycles. The summed E-state index contributed by atoms with van der Waals surface area (Å²) in [5, 5.41) is 4.04. The number of nitrogens with one attached hydrogen (secondary N) is 2. The second-order valence-corrected chi connectivity index (χ2v) is 6.38. The van der Waals surface area contributed by atoms with Gasteiger partial charge in [-0.15, -0.1) is 0 Å². The van der Waals surface area contributed by atoms with E-state index in [0.717, 1.165) is 17.9 Å². The number of rotatable bonds is 4. The Balaban J connectivity index is 1.92. The summed E-state index contributed by atoms with van der Waals surface area (Å²) in [6.07, 6.45) is 1.77. The average Bonchev–Trinajstić information content (AvgIpc) is 2.39. The van der Waals surface area contributed by atoms with Gasteiger partial charge in [-0.05, 0) is 6.92 Å². The summed E-state index contributed by atoms with van der Waals surface area (Å²) >= 11 is 4.06. The Labute approximate surface area is 110 Å². The third-order valence-corrected chi connectivity index (χ3v) is 5.33. The maximum atomic E-state index is 5.30. The van der Waals surface area contributed by atoms with E-state index >= 15 is 0 Å². The molecule has 0 bridgehead atoms. The number of nitrogens with two attached hydrogens (primary N) is 1. The summed E-state index contributed by atoms with van der Waals surface area (Å²) in [5.41, 5.74) is 3.50. The lowest BCUT2D eigenvalue weighted by Gasteiger charge is -2.21. The molecule has 4 N–H and O–H groups in total. The molecule has 1 aliphatic rings. The molecule has 0 aliphatic carbocycles. The van der Waals surface area contributed by atoms with Crippen LogP contribution in [0.5, 0.6) is 0 Å². The molecule has 2 heterocycles. The van der Waals surface area contributed by atoms with Crippen molar-refractivity contribution < 1.29 is 0 Å². The first kappa shape index (κ1) is 12.8. The predicted molar refractivity (Wildman–Crippen MR) is 76.6 cm³/mol. The first-order valence-corrected chi connectivity index (χ1v) is 7.73. The van der Waals surface area contributed by atoms with Crippen LogP contribution in [0.2, 0.25) is 0 Å². The molecule has 0 radical (unpaired) electrons. The topological polar surface area (TPSA) is 75.9 Å². The number of hydrazine groups is 1. The summed E-state index contributed by atoms with van der Waals surface area (Å²) in [7, 11) is 0. The Morgan fingerprint density at radius 3 is 3.12 bits per heavy atom. The van der Waals surface area contributed by atoms with Gasteiger partial charge >= 0.3 is 0 Å². The van der Waals surface area contributed by atoms with Crippen LogP contribution in [-0.4, -0.2) is 39.0 Å². The van der Waals surface area contributed by atoms with Crippen LogP contribution in [-0.2, 0) is 0 Å². The smallest absolute Gasteiger partial charge is 0.239 e. The van der Waals surface area contributed by atoms with E-state index in [9.17, 15) is 0 Å². The summed E-state index contributed by atoms with van der Waals surface area (Å²) in [5.74, 6) is 10.3. The van der Waals surface area contributed by atoms with Crippen molar-refractivity contribution in [2.45, 2.75) is 12.2 Å². The number of thioether (sulfide) groups is 2. The summed E-state index contributed by atoms with van der Waals surface area (Å²) in [4.78, 5) is 8.36. The minimum Gasteiger partial charge on any atom is -0.369 e. The third kappa shape index (κ3) is 3.65. The summed E-state index contributed by atoms with van der Waals surface area (Å²) < 4.78 is 0. The molecule has 2 rings (SSSR count). The maximum Gasteiger partial charge on any atom is 0.239 e. The molecule has 1 fully saturated rings. The minimum absolute atomic E-state index is 0.448. The standard InChI is InChI=1S/C10H17N5S2/c1-7-4-13-10(15-11)14-9(7)12-5-8-6-16-2-3-17-8/h4,8H,2-3,5-6,11H2,1H3,(H2,12,13,14,15). The first-order valence-electron chi connectivity index (χ1n) is 5.53. The SMILES string of the molecule is Cc1cnc(NN)nc1NCC1CSCCS1. The Kier molecular flexibility index (Phi) is 4.75. The van der Waals surface area contributed by atoms with E-state index in [-0.39, 0.29) is 0 Å². The molecule has 7 heteroatoms. The lowest BCUT2D eigenvalue weighted by atomic mass is 10.3. The van der Waals surface area contributed by atoms with Crippen molar-refractivity contribution in [2.75, 3.05) is 34.5 Å². The molecular formula is C10H17N5S2. The highest BCUT2D eigenvalue weighted by molar-refractivity contribution is 8.06. The number of nitrogens with zero attached hydrogens (tertiary/aromatic N) is 2. The van der Waals surface area contributed by atoms with Gasteiger partial charge in [0.25, 0.3) is 0 Å². The van der Waals surface area contributed by atoms with Crippen LogP contribution in [0.3, 0.4) is 0 Å². The van der Waals surface area contributed by atoms with Crippen LogP contribution in [0, 0.1) is 6.92 Å². The number of anilines is 2. The molecule has 1 atom stereocenters. The Morgan fingerprint density at radius 2 is 2.41 bits per heavy atom. The van der Waals surface area contributed by atoms with Crippen molar-refractivity contribution in [2.24, 2.45) is 5.84 Å². The highest BCUT2D eigenvalue weighted by Gasteiger charge is 2.14. The second kappa shape index (κ2) is 6.32. The zero-order valence-electron chi connectivity index (χ0n) is 9.77. The molecule has 1 aliphatic heterocycles. The number of aromatic nitrogens is 2. The van der Waals surface area contributed by atoms with Gasteiger partial charge in [-0.3, -0.25) is 5.43 Å². The first-order chi connectivity index (χ1) is 8.29. The lowest BCUT2D eigenvalue weighted by Crippen LogP contribution is -2.24. The summed E-state index contributed by atoms with van der Waals surface area (Å²) in [6, 6.07) is 0. The second-order valence-electron chi connectivity index (χ2n) is 3.82. The Morgan fingerprint density at radius 1 is 1.53 bits per heavy atom. The van der Waals surface area contributed by atoms with Gasteiger partial charge in [0.1, 0.15) is 5.82 Å². The number of aryl methyl sites for hydroxylation is 1. The quantitative estimate of drug-likeness (QED) is 0.563. The maximum absolute atomic E-state index is 5.30. The van der Waals surface area contributed by atoms with E-state index in [1.54, 1.807) is 6.20 Å². The van der Waals surface area contributed by atoms with Gasteiger partial charge in [0.2, 0.25) is 5.95 Å². The van der Waals surface area contributed by atoms with Crippen molar-refractivity contribution in [1.29, 1.82) is 0 Å². The van der Waals surface area contributed by atoms with Crippen molar-refractivity contribution in [3.05, 3.63) is 11.8 Å². The minimum atomic E-state index is 0.448. The fourth-order valence-electron chi connectivity index (χ4n) is 1.56. The molecule has 0 spiro atoms. The van der Waals surface area contributed by atoms with E-state index in [2.05, 4.69) is 20.7 Å². The van der Waals surface area contributed by atoms with Crippen LogP contribution in [0.4, 0.5) is 11.8 Å². The fourth-order valence-corrected chi connectivity index (χ4v) is 4.17. The summed E-state index contributed by atoms with van der Waals surface area (Å²) in [6.45, 7) is 2.94. The van der Waals surface area contributed by atoms with E-state index in [1.165, 1.54) is 17.3 Å². The van der Waals surface area contributed by atoms with Gasteiger partial charge in [0, 0.05) is 40.8 Å². The van der Waals surface area contributed by atoms with Crippen LogP contribution in [0.1, 0.15) is 5.56 Å². The van der Waals surface area contributed by atoms with E-state index in [0.29, 0.717) is 11.2 Å². The molecule has 94 valence electrons. The number of nitrogen functional groups attached to an aromatic ring is 1. The van der Waals surface area contributed by atoms with Crippen molar-refractivity contribution in [3.8, 4) is 0 Å². The Hall–Kier alpha value is -0.660. The molecule has 0 saturated carbocycles.